The minimum absolute atomic E-state index is 0.242. The summed E-state index contributed by atoms with van der Waals surface area (Å²) in [6.45, 7) is 1.90. The van der Waals surface area contributed by atoms with Crippen LogP contribution in [0.1, 0.15) is 30.1 Å². The molecule has 1 saturated heterocycles. The molecule has 0 bridgehead atoms. The summed E-state index contributed by atoms with van der Waals surface area (Å²) in [4.78, 5) is 6.67. The van der Waals surface area contributed by atoms with E-state index in [1.165, 1.54) is 17.7 Å². The van der Waals surface area contributed by atoms with Crippen molar-refractivity contribution in [3.8, 4) is 11.1 Å². The highest BCUT2D eigenvalue weighted by Crippen LogP contribution is 2.34. The number of aromatic nitrogens is 4. The molecule has 0 radical (unpaired) electrons. The number of halogens is 1. The Balaban J connectivity index is 1.46. The Kier molecular flexibility index (Phi) is 4.33. The summed E-state index contributed by atoms with van der Waals surface area (Å²) in [5.41, 5.74) is 4.97. The number of fused-ring (bicyclic) bond motifs is 1. The first-order valence-electron chi connectivity index (χ1n) is 9.52. The predicted octanol–water partition coefficient (Wildman–Crippen LogP) is 4.27. The third kappa shape index (κ3) is 3.16. The zero-order valence-corrected chi connectivity index (χ0v) is 15.4. The standard InChI is InChI=1S/C22H20FN5/c23-19-6-1-5-17(12-19)18-8-9-21-22(25-26-28(21)15-18)20-7-3-11-27(20)14-16-4-2-10-24-13-16/h1-2,4-6,8-10,12-13,15,20H,3,7,11,14H2. The molecule has 1 atom stereocenters. The van der Waals surface area contributed by atoms with Crippen molar-refractivity contribution in [1.29, 1.82) is 0 Å². The predicted molar refractivity (Wildman–Crippen MR) is 105 cm³/mol. The van der Waals surface area contributed by atoms with Crippen molar-refractivity contribution in [2.24, 2.45) is 0 Å². The lowest BCUT2D eigenvalue weighted by atomic mass is 10.1. The molecule has 4 aromatic rings. The van der Waals surface area contributed by atoms with Crippen LogP contribution in [0.5, 0.6) is 0 Å². The second kappa shape index (κ2) is 7.13. The number of likely N-dealkylation sites (tertiary alicyclic amines) is 1. The van der Waals surface area contributed by atoms with E-state index in [0.29, 0.717) is 0 Å². The van der Waals surface area contributed by atoms with Gasteiger partial charge in [0, 0.05) is 30.7 Å². The number of hydrogen-bond donors (Lipinski definition) is 0. The fraction of sp³-hybridized carbons (Fsp3) is 0.227. The minimum Gasteiger partial charge on any atom is -0.290 e. The van der Waals surface area contributed by atoms with Gasteiger partial charge in [-0.3, -0.25) is 9.88 Å². The summed E-state index contributed by atoms with van der Waals surface area (Å²) in [5, 5.41) is 8.85. The maximum absolute atomic E-state index is 13.6. The molecule has 0 saturated carbocycles. The summed E-state index contributed by atoms with van der Waals surface area (Å²) < 4.78 is 15.4. The molecule has 0 spiro atoms. The van der Waals surface area contributed by atoms with Gasteiger partial charge in [-0.2, -0.15) is 0 Å². The third-order valence-electron chi connectivity index (χ3n) is 5.39. The molecule has 4 heterocycles. The maximum Gasteiger partial charge on any atom is 0.123 e. The fourth-order valence-electron chi connectivity index (χ4n) is 4.04. The van der Waals surface area contributed by atoms with Gasteiger partial charge in [0.1, 0.15) is 11.5 Å². The highest BCUT2D eigenvalue weighted by Gasteiger charge is 2.29. The van der Waals surface area contributed by atoms with Crippen LogP contribution in [0.15, 0.2) is 67.1 Å². The third-order valence-corrected chi connectivity index (χ3v) is 5.39. The Morgan fingerprint density at radius 2 is 2.04 bits per heavy atom. The Morgan fingerprint density at radius 1 is 1.07 bits per heavy atom. The van der Waals surface area contributed by atoms with Gasteiger partial charge in [0.25, 0.3) is 0 Å². The molecule has 1 aromatic carbocycles. The van der Waals surface area contributed by atoms with E-state index in [1.54, 1.807) is 16.8 Å². The average molecular weight is 373 g/mol. The molecule has 6 heteroatoms. The monoisotopic (exact) mass is 373 g/mol. The number of nitrogens with zero attached hydrogens (tertiary/aromatic N) is 5. The summed E-state index contributed by atoms with van der Waals surface area (Å²) in [5.74, 6) is -0.242. The first-order valence-corrected chi connectivity index (χ1v) is 9.52. The number of benzene rings is 1. The molecule has 5 rings (SSSR count). The zero-order chi connectivity index (χ0) is 18.9. The number of rotatable bonds is 4. The Bertz CT molecular complexity index is 1110. The van der Waals surface area contributed by atoms with Crippen molar-refractivity contribution >= 4 is 5.52 Å². The van der Waals surface area contributed by atoms with E-state index in [9.17, 15) is 4.39 Å². The Morgan fingerprint density at radius 3 is 2.89 bits per heavy atom. The van der Waals surface area contributed by atoms with Crippen LogP contribution in [0.25, 0.3) is 16.6 Å². The fourth-order valence-corrected chi connectivity index (χ4v) is 4.04. The first kappa shape index (κ1) is 17.0. The minimum atomic E-state index is -0.242. The molecule has 28 heavy (non-hydrogen) atoms. The van der Waals surface area contributed by atoms with E-state index < -0.39 is 0 Å². The molecule has 1 unspecified atom stereocenters. The smallest absolute Gasteiger partial charge is 0.123 e. The molecule has 140 valence electrons. The highest BCUT2D eigenvalue weighted by atomic mass is 19.1. The second-order valence-electron chi connectivity index (χ2n) is 7.22. The van der Waals surface area contributed by atoms with Gasteiger partial charge in [-0.15, -0.1) is 5.10 Å². The van der Waals surface area contributed by atoms with Gasteiger partial charge in [0.2, 0.25) is 0 Å². The molecule has 3 aromatic heterocycles. The summed E-state index contributed by atoms with van der Waals surface area (Å²) in [7, 11) is 0. The molecular formula is C22H20FN5. The zero-order valence-electron chi connectivity index (χ0n) is 15.4. The van der Waals surface area contributed by atoms with E-state index in [2.05, 4.69) is 26.3 Å². The first-order chi connectivity index (χ1) is 13.8. The average Bonchev–Trinajstić information content (AvgIpc) is 3.34. The lowest BCUT2D eigenvalue weighted by molar-refractivity contribution is 0.245. The highest BCUT2D eigenvalue weighted by molar-refractivity contribution is 5.66. The topological polar surface area (TPSA) is 46.3 Å². The van der Waals surface area contributed by atoms with E-state index in [0.717, 1.165) is 48.3 Å². The van der Waals surface area contributed by atoms with Crippen molar-refractivity contribution < 1.29 is 4.39 Å². The van der Waals surface area contributed by atoms with Gasteiger partial charge in [0.05, 0.1) is 11.6 Å². The van der Waals surface area contributed by atoms with Crippen molar-refractivity contribution in [2.75, 3.05) is 6.54 Å². The van der Waals surface area contributed by atoms with Crippen LogP contribution < -0.4 is 0 Å². The lowest BCUT2D eigenvalue weighted by Gasteiger charge is -2.22. The van der Waals surface area contributed by atoms with Crippen molar-refractivity contribution in [3.63, 3.8) is 0 Å². The normalized spacial score (nSPS) is 17.4. The molecule has 0 amide bonds. The SMILES string of the molecule is Fc1cccc(-c2ccc3c(C4CCCN4Cc4cccnc4)nnn3c2)c1. The van der Waals surface area contributed by atoms with Gasteiger partial charge >= 0.3 is 0 Å². The van der Waals surface area contributed by atoms with E-state index >= 15 is 0 Å². The molecule has 0 aliphatic carbocycles. The largest absolute Gasteiger partial charge is 0.290 e. The van der Waals surface area contributed by atoms with Crippen molar-refractivity contribution in [1.82, 2.24) is 24.7 Å². The maximum atomic E-state index is 13.6. The quantitative estimate of drug-likeness (QED) is 0.536. The lowest BCUT2D eigenvalue weighted by Crippen LogP contribution is -2.23. The Labute approximate surface area is 162 Å². The molecule has 1 aliphatic heterocycles. The second-order valence-corrected chi connectivity index (χ2v) is 7.22. The van der Waals surface area contributed by atoms with Gasteiger partial charge in [-0.05, 0) is 54.8 Å². The van der Waals surface area contributed by atoms with Crippen LogP contribution >= 0.6 is 0 Å². The van der Waals surface area contributed by atoms with Crippen molar-refractivity contribution in [3.05, 3.63) is 84.2 Å². The van der Waals surface area contributed by atoms with Crippen LogP contribution in [0.3, 0.4) is 0 Å². The summed E-state index contributed by atoms with van der Waals surface area (Å²) in [6, 6.07) is 15.0. The van der Waals surface area contributed by atoms with Gasteiger partial charge < -0.3 is 0 Å². The van der Waals surface area contributed by atoms with Crippen LogP contribution in [0.4, 0.5) is 4.39 Å². The van der Waals surface area contributed by atoms with Gasteiger partial charge in [-0.25, -0.2) is 8.91 Å². The number of pyridine rings is 2. The summed E-state index contributed by atoms with van der Waals surface area (Å²) in [6.07, 6.45) is 7.85. The van der Waals surface area contributed by atoms with E-state index in [4.69, 9.17) is 0 Å². The van der Waals surface area contributed by atoms with Gasteiger partial charge in [0.15, 0.2) is 0 Å². The number of hydrogen-bond acceptors (Lipinski definition) is 4. The van der Waals surface area contributed by atoms with Crippen LogP contribution in [0, 0.1) is 5.82 Å². The molecular weight excluding hydrogens is 353 g/mol. The van der Waals surface area contributed by atoms with Crippen molar-refractivity contribution in [2.45, 2.75) is 25.4 Å². The molecule has 1 aliphatic rings. The van der Waals surface area contributed by atoms with E-state index in [-0.39, 0.29) is 11.9 Å². The Hall–Kier alpha value is -3.12. The molecule has 5 nitrogen and oxygen atoms in total. The van der Waals surface area contributed by atoms with Crippen LogP contribution in [-0.2, 0) is 6.54 Å². The molecule has 0 N–H and O–H groups in total. The van der Waals surface area contributed by atoms with Gasteiger partial charge in [-0.1, -0.05) is 29.5 Å². The van der Waals surface area contributed by atoms with Crippen LogP contribution in [-0.4, -0.2) is 31.3 Å². The van der Waals surface area contributed by atoms with E-state index in [1.807, 2.05) is 36.7 Å². The summed E-state index contributed by atoms with van der Waals surface area (Å²) >= 11 is 0. The van der Waals surface area contributed by atoms with Crippen LogP contribution in [0.2, 0.25) is 0 Å². The molecule has 1 fully saturated rings.